The van der Waals surface area contributed by atoms with E-state index in [0.29, 0.717) is 11.3 Å². The Morgan fingerprint density at radius 1 is 1.29 bits per heavy atom. The maximum absolute atomic E-state index is 13.6. The molecule has 2 aromatic carbocycles. The Kier molecular flexibility index (Phi) is 4.49. The molecule has 0 saturated heterocycles. The Bertz CT molecular complexity index is 704. The third-order valence-electron chi connectivity index (χ3n) is 2.85. The summed E-state index contributed by atoms with van der Waals surface area (Å²) in [5.74, 6) is -0.983. The zero-order chi connectivity index (χ0) is 15.4. The second kappa shape index (κ2) is 6.32. The van der Waals surface area contributed by atoms with Crippen molar-refractivity contribution in [2.45, 2.75) is 0 Å². The van der Waals surface area contributed by atoms with Crippen molar-refractivity contribution in [3.8, 4) is 5.75 Å². The summed E-state index contributed by atoms with van der Waals surface area (Å²) in [5, 5.41) is 2.66. The molecule has 0 saturated carbocycles. The van der Waals surface area contributed by atoms with Crippen LogP contribution < -0.4 is 15.8 Å². The summed E-state index contributed by atoms with van der Waals surface area (Å²) in [4.78, 5) is 12.3. The lowest BCUT2D eigenvalue weighted by molar-refractivity contribution is 0.102. The number of anilines is 1. The van der Waals surface area contributed by atoms with E-state index in [4.69, 9.17) is 22.7 Å². The van der Waals surface area contributed by atoms with Gasteiger partial charge < -0.3 is 15.8 Å². The minimum absolute atomic E-state index is 0.0788. The van der Waals surface area contributed by atoms with E-state index in [2.05, 4.69) is 5.32 Å². The van der Waals surface area contributed by atoms with Crippen molar-refractivity contribution in [3.63, 3.8) is 0 Å². The van der Waals surface area contributed by atoms with Crippen LogP contribution in [0, 0.1) is 5.82 Å². The number of benzene rings is 2. The number of halogens is 1. The summed E-state index contributed by atoms with van der Waals surface area (Å²) < 4.78 is 18.4. The summed E-state index contributed by atoms with van der Waals surface area (Å²) in [6.07, 6.45) is 0. The first-order valence-corrected chi connectivity index (χ1v) is 6.47. The number of amides is 1. The molecule has 0 aliphatic rings. The molecule has 0 unspecified atom stereocenters. The van der Waals surface area contributed by atoms with Gasteiger partial charge in [-0.05, 0) is 30.3 Å². The Morgan fingerprint density at radius 3 is 2.62 bits per heavy atom. The topological polar surface area (TPSA) is 64.3 Å². The number of nitrogens with one attached hydrogen (secondary N) is 1. The van der Waals surface area contributed by atoms with Gasteiger partial charge in [0, 0.05) is 11.1 Å². The maximum Gasteiger partial charge on any atom is 0.255 e. The predicted molar refractivity (Wildman–Crippen MR) is 83.2 cm³/mol. The number of nitrogens with two attached hydrogens (primary N) is 1. The minimum atomic E-state index is -0.604. The molecule has 3 N–H and O–H groups in total. The van der Waals surface area contributed by atoms with Crippen molar-refractivity contribution < 1.29 is 13.9 Å². The number of thiocarbonyl (C=S) groups is 1. The molecular formula is C15H13FN2O2S. The number of carbonyl (C=O) groups excluding carboxylic acids is 1. The molecule has 4 nitrogen and oxygen atoms in total. The molecule has 0 aliphatic heterocycles. The number of hydrogen-bond acceptors (Lipinski definition) is 3. The Balaban J connectivity index is 2.26. The zero-order valence-corrected chi connectivity index (χ0v) is 12.0. The molecule has 0 bridgehead atoms. The molecule has 0 spiro atoms. The predicted octanol–water partition coefficient (Wildman–Crippen LogP) is 2.72. The lowest BCUT2D eigenvalue weighted by atomic mass is 10.1. The van der Waals surface area contributed by atoms with Crippen molar-refractivity contribution in [3.05, 3.63) is 59.4 Å². The van der Waals surface area contributed by atoms with E-state index < -0.39 is 11.7 Å². The first-order chi connectivity index (χ1) is 10.0. The first kappa shape index (κ1) is 14.9. The van der Waals surface area contributed by atoms with E-state index in [1.165, 1.54) is 19.2 Å². The highest BCUT2D eigenvalue weighted by atomic mass is 32.1. The molecule has 108 valence electrons. The van der Waals surface area contributed by atoms with Gasteiger partial charge in [0.2, 0.25) is 0 Å². The normalized spacial score (nSPS) is 10.0. The monoisotopic (exact) mass is 304 g/mol. The molecule has 2 aromatic rings. The van der Waals surface area contributed by atoms with Gasteiger partial charge in [-0.25, -0.2) is 4.39 Å². The fourth-order valence-corrected chi connectivity index (χ4v) is 1.99. The molecular weight excluding hydrogens is 291 g/mol. The van der Waals surface area contributed by atoms with E-state index in [9.17, 15) is 9.18 Å². The van der Waals surface area contributed by atoms with Crippen molar-refractivity contribution in [1.29, 1.82) is 0 Å². The second-order valence-electron chi connectivity index (χ2n) is 4.21. The van der Waals surface area contributed by atoms with Crippen LogP contribution in [0.3, 0.4) is 0 Å². The standard InChI is InChI=1S/C15H13FN2O2S/c1-20-13-7-6-9(8-11(13)16)15(19)18-12-5-3-2-4-10(12)14(17)21/h2-8H,1H3,(H2,17,21)(H,18,19). The number of hydrogen-bond donors (Lipinski definition) is 2. The third kappa shape index (κ3) is 3.35. The van der Waals surface area contributed by atoms with Crippen molar-refractivity contribution in [2.24, 2.45) is 5.73 Å². The molecule has 6 heteroatoms. The average Bonchev–Trinajstić information content (AvgIpc) is 2.47. The third-order valence-corrected chi connectivity index (χ3v) is 3.07. The highest BCUT2D eigenvalue weighted by Crippen LogP contribution is 2.20. The Hall–Kier alpha value is -2.47. The van der Waals surface area contributed by atoms with Gasteiger partial charge in [-0.15, -0.1) is 0 Å². The van der Waals surface area contributed by atoms with Crippen molar-refractivity contribution >= 4 is 28.8 Å². The average molecular weight is 304 g/mol. The van der Waals surface area contributed by atoms with Crippen molar-refractivity contribution in [2.75, 3.05) is 12.4 Å². The van der Waals surface area contributed by atoms with Crippen molar-refractivity contribution in [1.82, 2.24) is 0 Å². The number of ether oxygens (including phenoxy) is 1. The van der Waals surface area contributed by atoms with E-state index in [1.807, 2.05) is 0 Å². The van der Waals surface area contributed by atoms with Gasteiger partial charge in [0.1, 0.15) is 4.99 Å². The Morgan fingerprint density at radius 2 is 2.00 bits per heavy atom. The summed E-state index contributed by atoms with van der Waals surface area (Å²) in [6, 6.07) is 10.9. The Labute approximate surface area is 126 Å². The number of carbonyl (C=O) groups is 1. The van der Waals surface area contributed by atoms with Crippen LogP contribution >= 0.6 is 12.2 Å². The second-order valence-corrected chi connectivity index (χ2v) is 4.65. The van der Waals surface area contributed by atoms with Crippen LogP contribution in [0.4, 0.5) is 10.1 Å². The lowest BCUT2D eigenvalue weighted by Crippen LogP contribution is -2.17. The number of rotatable bonds is 4. The molecule has 0 aromatic heterocycles. The minimum Gasteiger partial charge on any atom is -0.494 e. The summed E-state index contributed by atoms with van der Waals surface area (Å²) in [7, 11) is 1.36. The SMILES string of the molecule is COc1ccc(C(=O)Nc2ccccc2C(N)=S)cc1F. The van der Waals surface area contributed by atoms with Crippen LogP contribution in [0.25, 0.3) is 0 Å². The quantitative estimate of drug-likeness (QED) is 0.853. The van der Waals surface area contributed by atoms with E-state index in [-0.39, 0.29) is 16.3 Å². The fraction of sp³-hybridized carbons (Fsp3) is 0.0667. The highest BCUT2D eigenvalue weighted by molar-refractivity contribution is 7.80. The molecule has 21 heavy (non-hydrogen) atoms. The molecule has 0 heterocycles. The lowest BCUT2D eigenvalue weighted by Gasteiger charge is -2.10. The smallest absolute Gasteiger partial charge is 0.255 e. The number of methoxy groups -OCH3 is 1. The fourth-order valence-electron chi connectivity index (χ4n) is 1.81. The van der Waals surface area contributed by atoms with Gasteiger partial charge in [-0.2, -0.15) is 0 Å². The van der Waals surface area contributed by atoms with Gasteiger partial charge in [-0.1, -0.05) is 24.4 Å². The molecule has 0 aliphatic carbocycles. The van der Waals surface area contributed by atoms with E-state index >= 15 is 0 Å². The van der Waals surface area contributed by atoms with Crippen LogP contribution in [0.2, 0.25) is 0 Å². The van der Waals surface area contributed by atoms with Gasteiger partial charge in [0.05, 0.1) is 12.8 Å². The zero-order valence-electron chi connectivity index (χ0n) is 11.2. The van der Waals surface area contributed by atoms with Crippen LogP contribution in [0.15, 0.2) is 42.5 Å². The van der Waals surface area contributed by atoms with E-state index in [0.717, 1.165) is 6.07 Å². The molecule has 0 radical (unpaired) electrons. The van der Waals surface area contributed by atoms with Gasteiger partial charge in [0.15, 0.2) is 11.6 Å². The summed E-state index contributed by atoms with van der Waals surface area (Å²) >= 11 is 4.92. The van der Waals surface area contributed by atoms with Crippen LogP contribution in [-0.2, 0) is 0 Å². The first-order valence-electron chi connectivity index (χ1n) is 6.06. The maximum atomic E-state index is 13.6. The van der Waals surface area contributed by atoms with Gasteiger partial charge in [0.25, 0.3) is 5.91 Å². The van der Waals surface area contributed by atoms with E-state index in [1.54, 1.807) is 24.3 Å². The largest absolute Gasteiger partial charge is 0.494 e. The summed E-state index contributed by atoms with van der Waals surface area (Å²) in [6.45, 7) is 0. The highest BCUT2D eigenvalue weighted by Gasteiger charge is 2.12. The van der Waals surface area contributed by atoms with Crippen LogP contribution in [-0.4, -0.2) is 18.0 Å². The van der Waals surface area contributed by atoms with Crippen LogP contribution in [0.1, 0.15) is 15.9 Å². The van der Waals surface area contributed by atoms with Gasteiger partial charge in [-0.3, -0.25) is 4.79 Å². The molecule has 2 rings (SSSR count). The molecule has 0 atom stereocenters. The van der Waals surface area contributed by atoms with Gasteiger partial charge >= 0.3 is 0 Å². The molecule has 1 amide bonds. The molecule has 0 fully saturated rings. The van der Waals surface area contributed by atoms with Crippen LogP contribution in [0.5, 0.6) is 5.75 Å². The summed E-state index contributed by atoms with van der Waals surface area (Å²) in [5.41, 5.74) is 6.80. The number of para-hydroxylation sites is 1.